The molecule has 5 aromatic rings. The van der Waals surface area contributed by atoms with Crippen molar-refractivity contribution < 1.29 is 4.74 Å². The van der Waals surface area contributed by atoms with Crippen molar-refractivity contribution in [2.24, 2.45) is 0 Å². The van der Waals surface area contributed by atoms with Gasteiger partial charge in [-0.1, -0.05) is 36.4 Å². The van der Waals surface area contributed by atoms with Crippen LogP contribution in [0.2, 0.25) is 0 Å². The molecular weight excluding hydrogens is 388 g/mol. The molecule has 0 radical (unpaired) electrons. The molecule has 0 fully saturated rings. The largest absolute Gasteiger partial charge is 0.484 e. The average Bonchev–Trinajstić information content (AvgIpc) is 3.36. The molecular formula is C26H18N2OS. The predicted molar refractivity (Wildman–Crippen MR) is 124 cm³/mol. The van der Waals surface area contributed by atoms with E-state index < -0.39 is 0 Å². The Morgan fingerprint density at radius 2 is 1.77 bits per heavy atom. The summed E-state index contributed by atoms with van der Waals surface area (Å²) in [6.45, 7) is 0.528. The van der Waals surface area contributed by atoms with E-state index in [4.69, 9.17) is 9.72 Å². The van der Waals surface area contributed by atoms with Crippen LogP contribution in [0, 0.1) is 0 Å². The van der Waals surface area contributed by atoms with Crippen LogP contribution in [0.1, 0.15) is 18.7 Å². The van der Waals surface area contributed by atoms with Crippen molar-refractivity contribution in [1.82, 2.24) is 9.55 Å². The molecule has 0 N–H and O–H groups in total. The van der Waals surface area contributed by atoms with E-state index in [2.05, 4.69) is 77.4 Å². The first-order chi connectivity index (χ1) is 14.8. The fourth-order valence-electron chi connectivity index (χ4n) is 4.74. The van der Waals surface area contributed by atoms with E-state index in [0.717, 1.165) is 29.9 Å². The lowest BCUT2D eigenvalue weighted by Crippen LogP contribution is -2.15. The number of aromatic nitrogens is 2. The first kappa shape index (κ1) is 16.4. The molecule has 0 saturated carbocycles. The summed E-state index contributed by atoms with van der Waals surface area (Å²) >= 11 is 1.86. The van der Waals surface area contributed by atoms with Gasteiger partial charge in [0.25, 0.3) is 0 Å². The molecule has 2 aliphatic rings. The van der Waals surface area contributed by atoms with Crippen molar-refractivity contribution in [3.8, 4) is 11.1 Å². The second-order valence-corrected chi connectivity index (χ2v) is 9.00. The molecule has 1 aliphatic heterocycles. The average molecular weight is 407 g/mol. The van der Waals surface area contributed by atoms with Crippen LogP contribution >= 0.6 is 11.3 Å². The van der Waals surface area contributed by atoms with Gasteiger partial charge in [-0.15, -0.1) is 11.3 Å². The van der Waals surface area contributed by atoms with Gasteiger partial charge in [0.1, 0.15) is 12.4 Å². The molecule has 1 aliphatic carbocycles. The number of allylic oxidation sites excluding steroid dienone is 3. The fraction of sp³-hybridized carbons (Fsp3) is 0.115. The molecule has 144 valence electrons. The number of hydrogen-bond acceptors (Lipinski definition) is 3. The van der Waals surface area contributed by atoms with Crippen molar-refractivity contribution in [3.63, 3.8) is 0 Å². The van der Waals surface area contributed by atoms with Crippen LogP contribution in [0.5, 0.6) is 0 Å². The molecule has 0 spiro atoms. The summed E-state index contributed by atoms with van der Waals surface area (Å²) in [6, 6.07) is 22.1. The zero-order valence-corrected chi connectivity index (χ0v) is 17.1. The SMILES string of the molecule is C1=CC2=C(CC1)n1c(nc3cc(-c4ccc5sc6ccccc6c5c4)ccc31)CO2. The highest BCUT2D eigenvalue weighted by Crippen LogP contribution is 2.38. The molecule has 0 unspecified atom stereocenters. The van der Waals surface area contributed by atoms with E-state index >= 15 is 0 Å². The van der Waals surface area contributed by atoms with Crippen molar-refractivity contribution in [1.29, 1.82) is 0 Å². The summed E-state index contributed by atoms with van der Waals surface area (Å²) in [5, 5.41) is 2.66. The number of nitrogens with zero attached hydrogens (tertiary/aromatic N) is 2. The van der Waals surface area contributed by atoms with Gasteiger partial charge in [0.2, 0.25) is 0 Å². The maximum Gasteiger partial charge on any atom is 0.152 e. The molecule has 2 aromatic heterocycles. The quantitative estimate of drug-likeness (QED) is 0.296. The van der Waals surface area contributed by atoms with Crippen LogP contribution in [-0.4, -0.2) is 9.55 Å². The van der Waals surface area contributed by atoms with Gasteiger partial charge in [-0.3, -0.25) is 4.57 Å². The van der Waals surface area contributed by atoms with Crippen molar-refractivity contribution in [2.75, 3.05) is 0 Å². The van der Waals surface area contributed by atoms with Crippen LogP contribution < -0.4 is 0 Å². The molecule has 3 nitrogen and oxygen atoms in total. The summed E-state index contributed by atoms with van der Waals surface area (Å²) in [4.78, 5) is 4.91. The first-order valence-electron chi connectivity index (χ1n) is 10.3. The van der Waals surface area contributed by atoms with Gasteiger partial charge < -0.3 is 4.74 Å². The molecule has 0 saturated heterocycles. The molecule has 30 heavy (non-hydrogen) atoms. The summed E-state index contributed by atoms with van der Waals surface area (Å²) in [5.74, 6) is 1.99. The van der Waals surface area contributed by atoms with Crippen molar-refractivity contribution >= 4 is 48.2 Å². The van der Waals surface area contributed by atoms with E-state index in [1.165, 1.54) is 42.5 Å². The zero-order chi connectivity index (χ0) is 19.7. The third-order valence-electron chi connectivity index (χ3n) is 6.16. The van der Waals surface area contributed by atoms with Gasteiger partial charge in [0.05, 0.1) is 16.7 Å². The Morgan fingerprint density at radius 1 is 0.900 bits per heavy atom. The van der Waals surface area contributed by atoms with Crippen LogP contribution in [0.3, 0.4) is 0 Å². The fourth-order valence-corrected chi connectivity index (χ4v) is 5.83. The molecule has 0 atom stereocenters. The van der Waals surface area contributed by atoms with Gasteiger partial charge >= 0.3 is 0 Å². The monoisotopic (exact) mass is 406 g/mol. The normalized spacial score (nSPS) is 15.6. The van der Waals surface area contributed by atoms with Crippen LogP contribution in [0.15, 0.2) is 78.6 Å². The summed E-state index contributed by atoms with van der Waals surface area (Å²) in [6.07, 6.45) is 6.33. The lowest BCUT2D eigenvalue weighted by Gasteiger charge is -2.24. The molecule has 7 rings (SSSR count). The molecule has 0 amide bonds. The number of hydrogen-bond donors (Lipinski definition) is 0. The van der Waals surface area contributed by atoms with Gasteiger partial charge in [0, 0.05) is 20.2 Å². The van der Waals surface area contributed by atoms with Gasteiger partial charge in [-0.25, -0.2) is 4.98 Å². The maximum absolute atomic E-state index is 5.94. The van der Waals surface area contributed by atoms with Gasteiger partial charge in [-0.05, 0) is 60.4 Å². The third-order valence-corrected chi connectivity index (χ3v) is 7.31. The van der Waals surface area contributed by atoms with Crippen LogP contribution in [0.25, 0.3) is 48.0 Å². The standard InChI is InChI=1S/C26H18N2OS/c1-4-8-24-18(5-1)19-13-16(10-12-25(19)30-24)17-9-11-21-20(14-17)27-26-15-29-23-7-3-2-6-22(23)28(21)26/h1,3-5,7-14H,2,6,15H2. The topological polar surface area (TPSA) is 27.1 Å². The molecule has 3 heterocycles. The summed E-state index contributed by atoms with van der Waals surface area (Å²) in [5.41, 5.74) is 5.87. The van der Waals surface area contributed by atoms with Crippen LogP contribution in [-0.2, 0) is 11.3 Å². The Hall–Kier alpha value is -3.37. The highest BCUT2D eigenvalue weighted by atomic mass is 32.1. The highest BCUT2D eigenvalue weighted by molar-refractivity contribution is 7.25. The number of imidazole rings is 1. The van der Waals surface area contributed by atoms with E-state index in [1.54, 1.807) is 0 Å². The molecule has 0 bridgehead atoms. The minimum Gasteiger partial charge on any atom is -0.484 e. The Labute approximate surface area is 177 Å². The van der Waals surface area contributed by atoms with E-state index in [0.29, 0.717) is 6.61 Å². The number of thiophene rings is 1. The lowest BCUT2D eigenvalue weighted by molar-refractivity contribution is 0.191. The minimum atomic E-state index is 0.528. The highest BCUT2D eigenvalue weighted by Gasteiger charge is 2.24. The smallest absolute Gasteiger partial charge is 0.152 e. The Kier molecular flexibility index (Phi) is 3.32. The summed E-state index contributed by atoms with van der Waals surface area (Å²) in [7, 11) is 0. The van der Waals surface area contributed by atoms with Crippen molar-refractivity contribution in [2.45, 2.75) is 19.4 Å². The maximum atomic E-state index is 5.94. The number of rotatable bonds is 1. The van der Waals surface area contributed by atoms with Gasteiger partial charge in [-0.2, -0.15) is 0 Å². The predicted octanol–water partition coefficient (Wildman–Crippen LogP) is 7.12. The van der Waals surface area contributed by atoms with Crippen LogP contribution in [0.4, 0.5) is 0 Å². The summed E-state index contributed by atoms with van der Waals surface area (Å²) < 4.78 is 10.9. The van der Waals surface area contributed by atoms with E-state index in [1.807, 2.05) is 11.3 Å². The molecule has 3 aromatic carbocycles. The third kappa shape index (κ3) is 2.28. The number of fused-ring (bicyclic) bond motifs is 7. The van der Waals surface area contributed by atoms with Gasteiger partial charge in [0.15, 0.2) is 5.82 Å². The Bertz CT molecular complexity index is 1550. The van der Waals surface area contributed by atoms with E-state index in [9.17, 15) is 0 Å². The second kappa shape index (κ2) is 6.07. The first-order valence-corrected chi connectivity index (χ1v) is 11.1. The zero-order valence-electron chi connectivity index (χ0n) is 16.3. The minimum absolute atomic E-state index is 0.528. The van der Waals surface area contributed by atoms with E-state index in [-0.39, 0.29) is 0 Å². The lowest BCUT2D eigenvalue weighted by atomic mass is 10.0. The Balaban J connectivity index is 1.40. The second-order valence-electron chi connectivity index (χ2n) is 7.92. The number of benzene rings is 3. The van der Waals surface area contributed by atoms with Crippen molar-refractivity contribution in [3.05, 3.63) is 84.4 Å². The molecule has 4 heteroatoms. The Morgan fingerprint density at radius 3 is 2.77 bits per heavy atom. The number of ether oxygens (including phenoxy) is 1.